The third-order valence-corrected chi connectivity index (χ3v) is 3.47. The van der Waals surface area contributed by atoms with Crippen LogP contribution < -0.4 is 10.1 Å². The summed E-state index contributed by atoms with van der Waals surface area (Å²) in [6, 6.07) is 10.5. The Morgan fingerprint density at radius 1 is 1.16 bits per heavy atom. The van der Waals surface area contributed by atoms with Crippen molar-refractivity contribution in [3.8, 4) is 5.19 Å². The predicted molar refractivity (Wildman–Crippen MR) is 77.4 cm³/mol. The number of nitrogens with zero attached hydrogens (tertiary/aromatic N) is 2. The van der Waals surface area contributed by atoms with Gasteiger partial charge in [-0.2, -0.15) is 0 Å². The Morgan fingerprint density at radius 2 is 1.89 bits per heavy atom. The van der Waals surface area contributed by atoms with Crippen LogP contribution in [0.1, 0.15) is 37.4 Å². The zero-order valence-electron chi connectivity index (χ0n) is 11.5. The fraction of sp³-hybridized carbons (Fsp3) is 0.429. The number of ether oxygens (including phenoxy) is 1. The molecular formula is C14H19N3OS. The van der Waals surface area contributed by atoms with Crippen LogP contribution in [0, 0.1) is 0 Å². The molecule has 0 spiro atoms. The highest BCUT2D eigenvalue weighted by Crippen LogP contribution is 2.24. The molecule has 2 aromatic rings. The molecule has 0 aliphatic carbocycles. The molecule has 1 aromatic heterocycles. The smallest absolute Gasteiger partial charge is 0.294 e. The minimum absolute atomic E-state index is 0.0138. The summed E-state index contributed by atoms with van der Waals surface area (Å²) in [5.41, 5.74) is 1.14. The molecule has 0 saturated heterocycles. The van der Waals surface area contributed by atoms with Gasteiger partial charge in [0.15, 0.2) is 0 Å². The number of hydrogen-bond acceptors (Lipinski definition) is 5. The van der Waals surface area contributed by atoms with Crippen molar-refractivity contribution in [1.82, 2.24) is 15.5 Å². The Morgan fingerprint density at radius 3 is 2.58 bits per heavy atom. The molecule has 1 N–H and O–H groups in total. The third kappa shape index (κ3) is 4.29. The summed E-state index contributed by atoms with van der Waals surface area (Å²) in [6.45, 7) is 6.97. The van der Waals surface area contributed by atoms with E-state index in [0.717, 1.165) is 17.1 Å². The molecule has 1 heterocycles. The van der Waals surface area contributed by atoms with Crippen LogP contribution in [0.25, 0.3) is 0 Å². The molecule has 0 aliphatic heterocycles. The second-order valence-electron chi connectivity index (χ2n) is 4.67. The summed E-state index contributed by atoms with van der Waals surface area (Å²) in [7, 11) is 0. The molecule has 0 radical (unpaired) electrons. The number of hydrogen-bond donors (Lipinski definition) is 1. The van der Waals surface area contributed by atoms with E-state index in [9.17, 15) is 0 Å². The maximum atomic E-state index is 5.80. The molecule has 0 saturated carbocycles. The second kappa shape index (κ2) is 6.63. The first kappa shape index (κ1) is 14.0. The van der Waals surface area contributed by atoms with Gasteiger partial charge in [0.2, 0.25) is 0 Å². The summed E-state index contributed by atoms with van der Waals surface area (Å²) >= 11 is 1.49. The van der Waals surface area contributed by atoms with Crippen molar-refractivity contribution in [3.05, 3.63) is 40.9 Å². The van der Waals surface area contributed by atoms with Crippen molar-refractivity contribution in [2.24, 2.45) is 0 Å². The molecule has 102 valence electrons. The first-order valence-electron chi connectivity index (χ1n) is 6.42. The lowest BCUT2D eigenvalue weighted by Crippen LogP contribution is -2.21. The highest BCUT2D eigenvalue weighted by molar-refractivity contribution is 7.13. The Kier molecular flexibility index (Phi) is 4.87. The molecule has 1 atom stereocenters. The van der Waals surface area contributed by atoms with E-state index in [1.165, 1.54) is 11.3 Å². The van der Waals surface area contributed by atoms with Crippen LogP contribution in [0.4, 0.5) is 0 Å². The highest BCUT2D eigenvalue weighted by Gasteiger charge is 2.11. The summed E-state index contributed by atoms with van der Waals surface area (Å²) < 4.78 is 5.80. The largest absolute Gasteiger partial charge is 0.461 e. The van der Waals surface area contributed by atoms with Crippen molar-refractivity contribution in [3.63, 3.8) is 0 Å². The lowest BCUT2D eigenvalue weighted by atomic mass is 10.1. The molecule has 4 nitrogen and oxygen atoms in total. The first-order chi connectivity index (χ1) is 9.15. The van der Waals surface area contributed by atoms with Crippen LogP contribution in [0.3, 0.4) is 0 Å². The monoisotopic (exact) mass is 277 g/mol. The Labute approximate surface area is 117 Å². The van der Waals surface area contributed by atoms with Crippen molar-refractivity contribution in [2.45, 2.75) is 39.5 Å². The summed E-state index contributed by atoms with van der Waals surface area (Å²) in [4.78, 5) is 0. The number of nitrogens with one attached hydrogen (secondary N) is 1. The zero-order valence-corrected chi connectivity index (χ0v) is 12.3. The fourth-order valence-corrected chi connectivity index (χ4v) is 2.30. The van der Waals surface area contributed by atoms with Gasteiger partial charge in [0.1, 0.15) is 11.1 Å². The van der Waals surface area contributed by atoms with Gasteiger partial charge in [0.05, 0.1) is 6.54 Å². The number of rotatable bonds is 6. The molecule has 5 heteroatoms. The Balaban J connectivity index is 1.93. The summed E-state index contributed by atoms with van der Waals surface area (Å²) in [5, 5.41) is 13.1. The maximum absolute atomic E-state index is 5.80. The molecule has 1 aromatic carbocycles. The van der Waals surface area contributed by atoms with Gasteiger partial charge in [-0.15, -0.1) is 5.10 Å². The molecular weight excluding hydrogens is 258 g/mol. The van der Waals surface area contributed by atoms with Gasteiger partial charge in [0, 0.05) is 6.04 Å². The van der Waals surface area contributed by atoms with Crippen LogP contribution >= 0.6 is 11.3 Å². The molecule has 2 rings (SSSR count). The van der Waals surface area contributed by atoms with Crippen LogP contribution in [0.5, 0.6) is 5.19 Å². The summed E-state index contributed by atoms with van der Waals surface area (Å²) in [6.07, 6.45) is -0.0138. The van der Waals surface area contributed by atoms with Gasteiger partial charge < -0.3 is 10.1 Å². The van der Waals surface area contributed by atoms with Gasteiger partial charge in [-0.05, 0) is 12.5 Å². The zero-order chi connectivity index (χ0) is 13.7. The van der Waals surface area contributed by atoms with Gasteiger partial charge in [-0.1, -0.05) is 60.6 Å². The SMILES string of the molecule is CC(C)NCc1nnc(OC(C)c2ccccc2)s1. The van der Waals surface area contributed by atoms with Gasteiger partial charge in [-0.3, -0.25) is 0 Å². The van der Waals surface area contributed by atoms with E-state index in [2.05, 4.69) is 29.4 Å². The van der Waals surface area contributed by atoms with E-state index < -0.39 is 0 Å². The molecule has 1 unspecified atom stereocenters. The second-order valence-corrected chi connectivity index (χ2v) is 5.69. The number of benzene rings is 1. The van der Waals surface area contributed by atoms with Gasteiger partial charge in [0.25, 0.3) is 5.19 Å². The fourth-order valence-electron chi connectivity index (χ4n) is 1.59. The highest BCUT2D eigenvalue weighted by atomic mass is 32.1. The van der Waals surface area contributed by atoms with Crippen molar-refractivity contribution >= 4 is 11.3 Å². The van der Waals surface area contributed by atoms with Crippen molar-refractivity contribution in [2.75, 3.05) is 0 Å². The summed E-state index contributed by atoms with van der Waals surface area (Å²) in [5.74, 6) is 0. The topological polar surface area (TPSA) is 47.0 Å². The first-order valence-corrected chi connectivity index (χ1v) is 7.24. The quantitative estimate of drug-likeness (QED) is 0.881. The molecule has 0 amide bonds. The predicted octanol–water partition coefficient (Wildman–Crippen LogP) is 3.18. The van der Waals surface area contributed by atoms with Gasteiger partial charge in [-0.25, -0.2) is 0 Å². The standard InChI is InChI=1S/C14H19N3OS/c1-10(2)15-9-13-16-17-14(19-13)18-11(3)12-7-5-4-6-8-12/h4-8,10-11,15H,9H2,1-3H3. The maximum Gasteiger partial charge on any atom is 0.294 e. The van der Waals surface area contributed by atoms with E-state index in [0.29, 0.717) is 11.2 Å². The average molecular weight is 277 g/mol. The van der Waals surface area contributed by atoms with Crippen LogP contribution in [-0.2, 0) is 6.54 Å². The van der Waals surface area contributed by atoms with E-state index in [4.69, 9.17) is 4.74 Å². The lowest BCUT2D eigenvalue weighted by Gasteiger charge is -2.11. The van der Waals surface area contributed by atoms with Crippen LogP contribution in [0.15, 0.2) is 30.3 Å². The van der Waals surface area contributed by atoms with E-state index in [1.807, 2.05) is 37.3 Å². The Bertz CT molecular complexity index is 498. The van der Waals surface area contributed by atoms with E-state index in [-0.39, 0.29) is 6.10 Å². The lowest BCUT2D eigenvalue weighted by molar-refractivity contribution is 0.224. The van der Waals surface area contributed by atoms with E-state index >= 15 is 0 Å². The van der Waals surface area contributed by atoms with Crippen LogP contribution in [0.2, 0.25) is 0 Å². The third-order valence-electron chi connectivity index (χ3n) is 2.66. The minimum atomic E-state index is -0.0138. The Hall–Kier alpha value is -1.46. The molecule has 0 bridgehead atoms. The van der Waals surface area contributed by atoms with E-state index in [1.54, 1.807) is 0 Å². The van der Waals surface area contributed by atoms with Crippen molar-refractivity contribution in [1.29, 1.82) is 0 Å². The number of aromatic nitrogens is 2. The average Bonchev–Trinajstić information content (AvgIpc) is 2.85. The van der Waals surface area contributed by atoms with Crippen LogP contribution in [-0.4, -0.2) is 16.2 Å². The molecule has 0 fully saturated rings. The minimum Gasteiger partial charge on any atom is -0.461 e. The normalized spacial score (nSPS) is 12.6. The van der Waals surface area contributed by atoms with Gasteiger partial charge >= 0.3 is 0 Å². The van der Waals surface area contributed by atoms with Crippen molar-refractivity contribution < 1.29 is 4.74 Å². The molecule has 19 heavy (non-hydrogen) atoms. The molecule has 0 aliphatic rings.